The lowest BCUT2D eigenvalue weighted by Crippen LogP contribution is -2.32. The van der Waals surface area contributed by atoms with Gasteiger partial charge in [0.1, 0.15) is 5.75 Å². The van der Waals surface area contributed by atoms with E-state index in [0.717, 1.165) is 16.7 Å². The summed E-state index contributed by atoms with van der Waals surface area (Å²) in [6, 6.07) is 18.9. The van der Waals surface area contributed by atoms with Crippen molar-refractivity contribution in [1.29, 1.82) is 0 Å². The molecule has 34 heavy (non-hydrogen) atoms. The first kappa shape index (κ1) is 24.9. The first-order valence-corrected chi connectivity index (χ1v) is 12.2. The highest BCUT2D eigenvalue weighted by atomic mass is 32.2. The van der Waals surface area contributed by atoms with Crippen LogP contribution in [0.1, 0.15) is 16.7 Å². The van der Waals surface area contributed by atoms with E-state index in [1.165, 1.54) is 18.2 Å². The van der Waals surface area contributed by atoms with Crippen LogP contribution < -0.4 is 20.1 Å². The highest BCUT2D eigenvalue weighted by Gasteiger charge is 2.16. The minimum Gasteiger partial charge on any atom is -0.496 e. The number of carbonyl (C=O) groups excluding carboxylic acids is 1. The zero-order chi connectivity index (χ0) is 24.7. The fraction of sp³-hybridized carbons (Fsp3) is 0.120. The molecule has 0 fully saturated rings. The third-order valence-electron chi connectivity index (χ3n) is 4.93. The van der Waals surface area contributed by atoms with Crippen LogP contribution in [0.5, 0.6) is 5.75 Å². The third kappa shape index (κ3) is 6.43. The van der Waals surface area contributed by atoms with Gasteiger partial charge in [-0.3, -0.25) is 14.8 Å². The Bertz CT molecular complexity index is 1310. The number of benzene rings is 3. The van der Waals surface area contributed by atoms with Gasteiger partial charge in [0.2, 0.25) is 5.91 Å². The quantitative estimate of drug-likeness (QED) is 0.326. The number of ether oxygens (including phenoxy) is 1. The molecule has 0 heterocycles. The maximum Gasteiger partial charge on any atom is 0.261 e. The van der Waals surface area contributed by atoms with Crippen LogP contribution in [-0.2, 0) is 14.8 Å². The van der Waals surface area contributed by atoms with E-state index >= 15 is 0 Å². The number of rotatable bonds is 7. The molecule has 0 saturated heterocycles. The summed E-state index contributed by atoms with van der Waals surface area (Å²) in [5.74, 6) is 0.231. The molecule has 0 spiro atoms. The summed E-state index contributed by atoms with van der Waals surface area (Å²) in [5.41, 5.74) is 3.52. The molecule has 0 radical (unpaired) electrons. The van der Waals surface area contributed by atoms with Gasteiger partial charge in [-0.05, 0) is 73.6 Å². The van der Waals surface area contributed by atoms with E-state index in [1.54, 1.807) is 31.4 Å². The normalized spacial score (nSPS) is 11.1. The SMILES string of the molecule is COc1ccccc1/C=C/C(=O)NC(=S)Nc1ccc(S(=O)(=O)Nc2c(C)cccc2C)cc1. The Morgan fingerprint density at radius 3 is 2.24 bits per heavy atom. The van der Waals surface area contributed by atoms with Crippen molar-refractivity contribution in [1.82, 2.24) is 5.32 Å². The van der Waals surface area contributed by atoms with Gasteiger partial charge >= 0.3 is 0 Å². The second kappa shape index (κ2) is 11.0. The zero-order valence-electron chi connectivity index (χ0n) is 19.0. The molecule has 176 valence electrons. The van der Waals surface area contributed by atoms with Crippen molar-refractivity contribution in [2.45, 2.75) is 18.7 Å². The Morgan fingerprint density at radius 2 is 1.59 bits per heavy atom. The molecular formula is C25H25N3O4S2. The number of hydrogen-bond acceptors (Lipinski definition) is 5. The van der Waals surface area contributed by atoms with Crippen molar-refractivity contribution >= 4 is 50.7 Å². The molecule has 1 amide bonds. The van der Waals surface area contributed by atoms with Gasteiger partial charge in [0.25, 0.3) is 10.0 Å². The Kier molecular flexibility index (Phi) is 8.04. The fourth-order valence-electron chi connectivity index (χ4n) is 3.17. The Morgan fingerprint density at radius 1 is 0.941 bits per heavy atom. The van der Waals surface area contributed by atoms with Gasteiger partial charge in [0, 0.05) is 17.3 Å². The molecule has 3 rings (SSSR count). The lowest BCUT2D eigenvalue weighted by atomic mass is 10.1. The van der Waals surface area contributed by atoms with Gasteiger partial charge in [0.05, 0.1) is 17.7 Å². The lowest BCUT2D eigenvalue weighted by molar-refractivity contribution is -0.115. The summed E-state index contributed by atoms with van der Waals surface area (Å²) in [5, 5.41) is 5.50. The van der Waals surface area contributed by atoms with Crippen molar-refractivity contribution in [3.05, 3.63) is 89.5 Å². The maximum atomic E-state index is 12.8. The number of thiocarbonyl (C=S) groups is 1. The molecule has 0 atom stereocenters. The first-order chi connectivity index (χ1) is 16.2. The standard InChI is InChI=1S/C25H25N3O4S2/c1-17-7-6-8-18(2)24(17)28-34(30,31)21-14-12-20(13-15-21)26-25(33)27-23(29)16-11-19-9-4-5-10-22(19)32-3/h4-16,28H,1-3H3,(H2,26,27,29,33)/b16-11+. The van der Waals surface area contributed by atoms with Gasteiger partial charge in [-0.2, -0.15) is 0 Å². The molecule has 0 aliphatic rings. The van der Waals surface area contributed by atoms with Crippen LogP contribution in [0.15, 0.2) is 77.7 Å². The predicted octanol–water partition coefficient (Wildman–Crippen LogP) is 4.64. The molecule has 0 aliphatic carbocycles. The highest BCUT2D eigenvalue weighted by Crippen LogP contribution is 2.24. The summed E-state index contributed by atoms with van der Waals surface area (Å²) in [6.07, 6.45) is 2.97. The van der Waals surface area contributed by atoms with Crippen LogP contribution in [0, 0.1) is 13.8 Å². The van der Waals surface area contributed by atoms with Crippen LogP contribution in [0.2, 0.25) is 0 Å². The van der Waals surface area contributed by atoms with Gasteiger partial charge in [-0.1, -0.05) is 36.4 Å². The van der Waals surface area contributed by atoms with Gasteiger partial charge in [-0.15, -0.1) is 0 Å². The second-order valence-corrected chi connectivity index (χ2v) is 9.51. The third-order valence-corrected chi connectivity index (χ3v) is 6.50. The maximum absolute atomic E-state index is 12.8. The summed E-state index contributed by atoms with van der Waals surface area (Å²) in [6.45, 7) is 3.69. The molecule has 0 aliphatic heterocycles. The summed E-state index contributed by atoms with van der Waals surface area (Å²) >= 11 is 5.18. The lowest BCUT2D eigenvalue weighted by Gasteiger charge is -2.14. The van der Waals surface area contributed by atoms with Crippen molar-refractivity contribution in [2.75, 3.05) is 17.1 Å². The van der Waals surface area contributed by atoms with E-state index in [0.29, 0.717) is 17.1 Å². The highest BCUT2D eigenvalue weighted by molar-refractivity contribution is 7.92. The number of nitrogens with one attached hydrogen (secondary N) is 3. The number of hydrogen-bond donors (Lipinski definition) is 3. The van der Waals surface area contributed by atoms with Crippen LogP contribution in [-0.4, -0.2) is 26.5 Å². The van der Waals surface area contributed by atoms with Crippen LogP contribution >= 0.6 is 12.2 Å². The molecule has 0 bridgehead atoms. The topological polar surface area (TPSA) is 96.5 Å². The monoisotopic (exact) mass is 495 g/mol. The molecular weight excluding hydrogens is 470 g/mol. The number of anilines is 2. The molecule has 3 N–H and O–H groups in total. The fourth-order valence-corrected chi connectivity index (χ4v) is 4.59. The number of amides is 1. The van der Waals surface area contributed by atoms with E-state index in [2.05, 4.69) is 15.4 Å². The minimum absolute atomic E-state index is 0.0824. The van der Waals surface area contributed by atoms with E-state index in [4.69, 9.17) is 17.0 Å². The summed E-state index contributed by atoms with van der Waals surface area (Å²) < 4.78 is 33.5. The van der Waals surface area contributed by atoms with Crippen molar-refractivity contribution in [3.63, 3.8) is 0 Å². The number of aryl methyl sites for hydroxylation is 2. The molecule has 0 aromatic heterocycles. The predicted molar refractivity (Wildman–Crippen MR) is 140 cm³/mol. The van der Waals surface area contributed by atoms with Crippen LogP contribution in [0.3, 0.4) is 0 Å². The first-order valence-electron chi connectivity index (χ1n) is 10.3. The van der Waals surface area contributed by atoms with Crippen molar-refractivity contribution < 1.29 is 17.9 Å². The van der Waals surface area contributed by atoms with E-state index in [9.17, 15) is 13.2 Å². The minimum atomic E-state index is -3.76. The second-order valence-electron chi connectivity index (χ2n) is 7.42. The Balaban J connectivity index is 1.61. The van der Waals surface area contributed by atoms with E-state index in [1.807, 2.05) is 50.2 Å². The van der Waals surface area contributed by atoms with Crippen LogP contribution in [0.25, 0.3) is 6.08 Å². The molecule has 3 aromatic carbocycles. The number of sulfonamides is 1. The van der Waals surface area contributed by atoms with Crippen molar-refractivity contribution in [3.8, 4) is 5.75 Å². The van der Waals surface area contributed by atoms with Crippen LogP contribution in [0.4, 0.5) is 11.4 Å². The molecule has 3 aromatic rings. The number of carbonyl (C=O) groups is 1. The summed E-state index contributed by atoms with van der Waals surface area (Å²) in [4.78, 5) is 12.3. The molecule has 9 heteroatoms. The molecule has 0 saturated carbocycles. The van der Waals surface area contributed by atoms with Gasteiger partial charge < -0.3 is 10.1 Å². The average Bonchev–Trinajstić information content (AvgIpc) is 2.80. The largest absolute Gasteiger partial charge is 0.496 e. The molecule has 7 nitrogen and oxygen atoms in total. The Labute approximate surface area is 204 Å². The smallest absolute Gasteiger partial charge is 0.261 e. The summed E-state index contributed by atoms with van der Waals surface area (Å²) in [7, 11) is -2.20. The number of methoxy groups -OCH3 is 1. The van der Waals surface area contributed by atoms with Gasteiger partial charge in [-0.25, -0.2) is 8.42 Å². The Hall–Kier alpha value is -3.69. The number of para-hydroxylation sites is 2. The average molecular weight is 496 g/mol. The van der Waals surface area contributed by atoms with E-state index in [-0.39, 0.29) is 10.0 Å². The van der Waals surface area contributed by atoms with Gasteiger partial charge in [0.15, 0.2) is 5.11 Å². The molecule has 0 unspecified atom stereocenters. The van der Waals surface area contributed by atoms with E-state index < -0.39 is 15.9 Å². The van der Waals surface area contributed by atoms with Crippen molar-refractivity contribution in [2.24, 2.45) is 0 Å². The zero-order valence-corrected chi connectivity index (χ0v) is 20.6.